The normalized spacial score (nSPS) is 31.8. The van der Waals surface area contributed by atoms with Gasteiger partial charge < -0.3 is 171 Å². The average Bonchev–Trinajstić information content (AvgIpc) is 0.748. The quantitative estimate of drug-likeness (QED) is 0.0278. The van der Waals surface area contributed by atoms with Crippen molar-refractivity contribution in [2.45, 2.75) is 454 Å². The predicted molar refractivity (Wildman–Crippen MR) is 452 cm³/mol. The van der Waals surface area contributed by atoms with Gasteiger partial charge in [0.1, 0.15) is 104 Å². The van der Waals surface area contributed by atoms with E-state index in [-0.39, 0.29) is 18.7 Å². The summed E-state index contributed by atoms with van der Waals surface area (Å²) in [5.41, 5.74) is 0. The molecule has 0 aromatic rings. The zero-order valence-corrected chi connectivity index (χ0v) is 75.0. The van der Waals surface area contributed by atoms with Crippen LogP contribution in [0.1, 0.15) is 272 Å². The fourth-order valence-corrected chi connectivity index (χ4v) is 17.2. The number of aliphatic carboxylic acids is 3. The minimum Gasteiger partial charge on any atom is -0.477 e. The molecule has 744 valence electrons. The van der Waals surface area contributed by atoms with Crippen LogP contribution in [0.4, 0.5) is 0 Å². The van der Waals surface area contributed by atoms with Gasteiger partial charge in [-0.05, 0) is 38.5 Å². The molecule has 4 amide bonds. The predicted octanol–water partition coefficient (Wildman–Crippen LogP) is -0.146. The maximum Gasteiger partial charge on any atom is 0.364 e. The first-order valence-corrected chi connectivity index (χ1v) is 46.3. The number of hydrogen-bond donors (Lipinski definition) is 24. The van der Waals surface area contributed by atoms with Crippen LogP contribution in [-0.4, -0.2) is 366 Å². The van der Waals surface area contributed by atoms with Crippen LogP contribution in [0.2, 0.25) is 0 Å². The van der Waals surface area contributed by atoms with Gasteiger partial charge in [0, 0.05) is 46.5 Å². The summed E-state index contributed by atoms with van der Waals surface area (Å²) in [5.74, 6) is -20.5. The van der Waals surface area contributed by atoms with Crippen molar-refractivity contribution >= 4 is 41.5 Å². The van der Waals surface area contributed by atoms with Gasteiger partial charge in [0.2, 0.25) is 23.6 Å². The maximum atomic E-state index is 13.8. The highest BCUT2D eigenvalue weighted by molar-refractivity contribution is 5.79. The number of carboxylic acids is 3. The number of carbonyl (C=O) groups is 7. The number of carboxylic acid groups (broad SMARTS) is 3. The van der Waals surface area contributed by atoms with E-state index < -0.39 is 277 Å². The van der Waals surface area contributed by atoms with Crippen molar-refractivity contribution in [1.82, 2.24) is 21.3 Å². The summed E-state index contributed by atoms with van der Waals surface area (Å²) in [6.45, 7) is 0.0163. The smallest absolute Gasteiger partial charge is 0.364 e. The van der Waals surface area contributed by atoms with E-state index in [1.54, 1.807) is 0 Å². The summed E-state index contributed by atoms with van der Waals surface area (Å²) in [6.07, 6.45) is -14.7. The highest BCUT2D eigenvalue weighted by Crippen LogP contribution is 2.43. The van der Waals surface area contributed by atoms with E-state index in [0.717, 1.165) is 91.4 Å². The Hall–Kier alpha value is -5.05. The first-order valence-electron chi connectivity index (χ1n) is 46.3. The Balaban J connectivity index is 1.31. The second-order valence-corrected chi connectivity index (χ2v) is 35.0. The topological polar surface area (TPSA) is 665 Å². The molecule has 24 N–H and O–H groups in total. The molecule has 5 aliphatic heterocycles. The van der Waals surface area contributed by atoms with Crippen LogP contribution >= 0.6 is 0 Å². The molecule has 30 unspecified atom stereocenters. The Kier molecular flexibility index (Phi) is 52.3. The molecule has 41 heteroatoms. The van der Waals surface area contributed by atoms with Gasteiger partial charge in [-0.2, -0.15) is 0 Å². The van der Waals surface area contributed by atoms with Gasteiger partial charge in [-0.1, -0.05) is 199 Å². The monoisotopic (exact) mass is 1850 g/mol. The van der Waals surface area contributed by atoms with Crippen molar-refractivity contribution in [2.24, 2.45) is 0 Å². The summed E-state index contributed by atoms with van der Waals surface area (Å²) in [5, 5.41) is 235. The van der Waals surface area contributed by atoms with Crippen molar-refractivity contribution in [1.29, 1.82) is 0 Å². The Labute approximate surface area is 749 Å². The number of aliphatic hydroxyl groups is 17. The van der Waals surface area contributed by atoms with Crippen LogP contribution in [-0.2, 0) is 80.9 Å². The molecule has 30 atom stereocenters. The van der Waals surface area contributed by atoms with Gasteiger partial charge in [-0.3, -0.25) is 19.2 Å². The third-order valence-corrected chi connectivity index (χ3v) is 24.5. The van der Waals surface area contributed by atoms with Crippen LogP contribution < -0.4 is 21.3 Å². The molecule has 128 heavy (non-hydrogen) atoms. The van der Waals surface area contributed by atoms with Crippen molar-refractivity contribution in [3.05, 3.63) is 12.2 Å². The molecular weight excluding hydrogens is 1690 g/mol. The van der Waals surface area contributed by atoms with Crippen LogP contribution in [0.3, 0.4) is 0 Å². The van der Waals surface area contributed by atoms with Gasteiger partial charge in [-0.15, -0.1) is 0 Å². The van der Waals surface area contributed by atoms with Crippen molar-refractivity contribution in [3.63, 3.8) is 0 Å². The Bertz CT molecular complexity index is 3210. The third-order valence-electron chi connectivity index (χ3n) is 24.5. The molecule has 0 aliphatic carbocycles. The Morgan fingerprint density at radius 1 is 0.414 bits per heavy atom. The molecular formula is C87H154N4O37. The number of hydrogen-bond acceptors (Lipinski definition) is 34. The molecule has 5 rings (SSSR count). The Morgan fingerprint density at radius 2 is 0.781 bits per heavy atom. The van der Waals surface area contributed by atoms with Crippen LogP contribution in [0, 0.1) is 0 Å². The fraction of sp³-hybridized carbons (Fsp3) is 0.897. The molecule has 5 saturated heterocycles. The van der Waals surface area contributed by atoms with Gasteiger partial charge >= 0.3 is 17.9 Å². The van der Waals surface area contributed by atoms with Crippen molar-refractivity contribution < 1.29 is 183 Å². The molecule has 0 aromatic carbocycles. The molecule has 0 saturated carbocycles. The van der Waals surface area contributed by atoms with E-state index in [2.05, 4.69) is 47.3 Å². The summed E-state index contributed by atoms with van der Waals surface area (Å²) in [4.78, 5) is 92.3. The number of nitrogens with one attached hydrogen (secondary N) is 4. The second kappa shape index (κ2) is 59.0. The maximum absolute atomic E-state index is 13.8. The molecule has 5 fully saturated rings. The number of ether oxygens (including phenoxy) is 10. The van der Waals surface area contributed by atoms with Crippen molar-refractivity contribution in [2.75, 3.05) is 39.6 Å². The van der Waals surface area contributed by atoms with Crippen LogP contribution in [0.15, 0.2) is 12.2 Å². The number of aliphatic hydroxyl groups excluding tert-OH is 17. The number of rotatable bonds is 65. The van der Waals surface area contributed by atoms with E-state index in [1.807, 2.05) is 0 Å². The number of unbranched alkanes of at least 4 members (excludes halogenated alkanes) is 29. The zero-order valence-electron chi connectivity index (χ0n) is 75.0. The lowest BCUT2D eigenvalue weighted by Crippen LogP contribution is -2.72. The molecule has 0 radical (unpaired) electrons. The molecule has 0 bridgehead atoms. The van der Waals surface area contributed by atoms with Crippen LogP contribution in [0.5, 0.6) is 0 Å². The zero-order chi connectivity index (χ0) is 94.8. The molecule has 0 spiro atoms. The summed E-state index contributed by atoms with van der Waals surface area (Å²) in [7, 11) is 0. The number of amides is 4. The first kappa shape index (κ1) is 113. The van der Waals surface area contributed by atoms with E-state index in [4.69, 9.17) is 47.4 Å². The molecule has 5 aliphatic rings. The SMILES string of the molecule is CCCCCCCCC=CCCCCCCCCCCCCCC(=O)NC(COC1OC(CO)C(OC2OC(CO)C(O)C(OC3(C(=O)O)CC(O)C(NC(C)=O)C(C(O)C(CO)OC4(C(=O)O)CC(O)C(NC(C)=O)C(C(O)C(CO)OC5(C(=O)O)CC(O)C(NC(C)=O)C(C(O)C(O)CO)O5)O4)O3)C2O)C(O)C1O)C(O)CCCCCCCCCCCCCCC. The minimum absolute atomic E-state index is 0.143. The van der Waals surface area contributed by atoms with E-state index in [9.17, 15) is 136 Å². The lowest BCUT2D eigenvalue weighted by atomic mass is 9.86. The second-order valence-electron chi connectivity index (χ2n) is 35.0. The Morgan fingerprint density at radius 3 is 1.16 bits per heavy atom. The van der Waals surface area contributed by atoms with E-state index >= 15 is 0 Å². The third kappa shape index (κ3) is 35.0. The average molecular weight is 1850 g/mol. The number of allylic oxidation sites excluding steroid dienone is 2. The van der Waals surface area contributed by atoms with E-state index in [0.29, 0.717) is 12.8 Å². The number of carbonyl (C=O) groups excluding carboxylic acids is 4. The van der Waals surface area contributed by atoms with Gasteiger partial charge in [0.05, 0.1) is 88.2 Å². The summed E-state index contributed by atoms with van der Waals surface area (Å²) >= 11 is 0. The van der Waals surface area contributed by atoms with Gasteiger partial charge in [0.15, 0.2) is 12.6 Å². The minimum atomic E-state index is -3.57. The molecule has 0 aromatic heterocycles. The summed E-state index contributed by atoms with van der Waals surface area (Å²) < 4.78 is 58.4. The largest absolute Gasteiger partial charge is 0.477 e. The lowest BCUT2D eigenvalue weighted by molar-refractivity contribution is -0.388. The first-order chi connectivity index (χ1) is 61.0. The molecule has 41 nitrogen and oxygen atoms in total. The fourth-order valence-electron chi connectivity index (χ4n) is 17.2. The van der Waals surface area contributed by atoms with Crippen LogP contribution in [0.25, 0.3) is 0 Å². The lowest BCUT2D eigenvalue weighted by Gasteiger charge is -2.51. The van der Waals surface area contributed by atoms with Gasteiger partial charge in [-0.25, -0.2) is 14.4 Å². The van der Waals surface area contributed by atoms with Gasteiger partial charge in [0.25, 0.3) is 17.4 Å². The van der Waals surface area contributed by atoms with Crippen molar-refractivity contribution in [3.8, 4) is 0 Å². The van der Waals surface area contributed by atoms with E-state index in [1.165, 1.54) is 122 Å². The molecule has 5 heterocycles. The standard InChI is InChI=1S/C87H154N4O37/c1-6-8-10-12-14-16-18-20-21-22-23-24-25-26-27-29-31-33-35-37-39-41-64(105)91-54(55(100)40-38-36-34-32-30-28-19-17-15-13-11-9-7-2)50-119-80-73(111)72(110)75(63(49-96)121-80)122-81-74(112)79(69(107)60(46-93)120-81)128-87(84(117)118)44-58(103)67(90-53(5)99)78(127-87)71(109)62(48-95)124-86(83(115)116)43-57(102)66(89-52(4)98)77(126-86)70(108)61(47-94)123-85(82(113)114)42-56(101)65(88-51(3)97)76(125-85)68(106)59(104)45-92/h20-21,54-63,65-81,92-96,100-104,106-112H,6-19,22-50H2,1-5H3,(H,88,97)(H,89,98)(H,90,99)(H,91,105)(H,113,114)(H,115,116)(H,117,118). The highest BCUT2D eigenvalue weighted by Gasteiger charge is 2.64. The summed E-state index contributed by atoms with van der Waals surface area (Å²) in [6, 6.07) is -6.94. The highest BCUT2D eigenvalue weighted by atomic mass is 16.8.